The molecule has 2 aromatic rings. The summed E-state index contributed by atoms with van der Waals surface area (Å²) in [6.07, 6.45) is 1.91. The summed E-state index contributed by atoms with van der Waals surface area (Å²) >= 11 is 1.51. The Labute approximate surface area is 167 Å². The second-order valence-corrected chi connectivity index (χ2v) is 6.72. The number of rotatable bonds is 7. The van der Waals surface area contributed by atoms with E-state index in [1.807, 2.05) is 30.5 Å². The first-order valence-corrected chi connectivity index (χ1v) is 9.62. The van der Waals surface area contributed by atoms with E-state index < -0.39 is 11.8 Å². The fourth-order valence-electron chi connectivity index (χ4n) is 2.33. The Kier molecular flexibility index (Phi) is 7.60. The highest BCUT2D eigenvalue weighted by molar-refractivity contribution is 7.98. The fourth-order valence-corrected chi connectivity index (χ4v) is 2.88. The van der Waals surface area contributed by atoms with Gasteiger partial charge in [0.1, 0.15) is 0 Å². The Bertz CT molecular complexity index is 906. The monoisotopic (exact) mass is 396 g/mol. The molecule has 0 atom stereocenters. The molecule has 0 saturated carbocycles. The van der Waals surface area contributed by atoms with Gasteiger partial charge in [-0.3, -0.25) is 14.4 Å². The molecule has 0 aliphatic carbocycles. The lowest BCUT2D eigenvalue weighted by atomic mass is 10.1. The molecule has 144 valence electrons. The molecule has 7 nitrogen and oxygen atoms in total. The van der Waals surface area contributed by atoms with Crippen LogP contribution < -0.4 is 10.6 Å². The van der Waals surface area contributed by atoms with Gasteiger partial charge in [0.05, 0.1) is 30.4 Å². The van der Waals surface area contributed by atoms with Crippen LogP contribution in [0.15, 0.2) is 53.4 Å². The van der Waals surface area contributed by atoms with Gasteiger partial charge in [-0.15, -0.1) is 11.8 Å². The molecule has 0 unspecified atom stereocenters. The number of para-hydroxylation sites is 1. The van der Waals surface area contributed by atoms with Crippen LogP contribution in [0.3, 0.4) is 0 Å². The Balaban J connectivity index is 1.84. The molecule has 0 aromatic heterocycles. The normalized spacial score (nSPS) is 9.89. The van der Waals surface area contributed by atoms with Crippen molar-refractivity contribution >= 4 is 35.2 Å². The third kappa shape index (κ3) is 5.86. The predicted molar refractivity (Wildman–Crippen MR) is 108 cm³/mol. The first-order chi connectivity index (χ1) is 13.4. The maximum Gasteiger partial charge on any atom is 0.251 e. The molecule has 28 heavy (non-hydrogen) atoms. The molecule has 2 rings (SSSR count). The highest BCUT2D eigenvalue weighted by Gasteiger charge is 2.15. The lowest BCUT2D eigenvalue weighted by molar-refractivity contribution is -0.132. The molecule has 2 N–H and O–H groups in total. The number of anilines is 1. The van der Waals surface area contributed by atoms with Crippen LogP contribution in [-0.2, 0) is 9.59 Å². The van der Waals surface area contributed by atoms with Crippen LogP contribution in [0.5, 0.6) is 0 Å². The highest BCUT2D eigenvalue weighted by atomic mass is 32.2. The van der Waals surface area contributed by atoms with Gasteiger partial charge in [-0.2, -0.15) is 5.26 Å². The largest absolute Gasteiger partial charge is 0.343 e. The van der Waals surface area contributed by atoms with Gasteiger partial charge in [0.15, 0.2) is 0 Å². The zero-order valence-corrected chi connectivity index (χ0v) is 16.4. The third-order valence-electron chi connectivity index (χ3n) is 3.86. The van der Waals surface area contributed by atoms with Crippen molar-refractivity contribution in [3.63, 3.8) is 0 Å². The number of thioether (sulfide) groups is 1. The lowest BCUT2D eigenvalue weighted by Crippen LogP contribution is -2.41. The molecule has 0 radical (unpaired) electrons. The Morgan fingerprint density at radius 2 is 1.79 bits per heavy atom. The van der Waals surface area contributed by atoms with Crippen molar-refractivity contribution in [3.05, 3.63) is 59.7 Å². The van der Waals surface area contributed by atoms with E-state index in [9.17, 15) is 14.4 Å². The summed E-state index contributed by atoms with van der Waals surface area (Å²) in [6, 6.07) is 15.4. The van der Waals surface area contributed by atoms with E-state index in [2.05, 4.69) is 10.6 Å². The molecule has 0 fully saturated rings. The third-order valence-corrected chi connectivity index (χ3v) is 4.66. The maximum atomic E-state index is 12.2. The van der Waals surface area contributed by atoms with Crippen molar-refractivity contribution < 1.29 is 14.4 Å². The van der Waals surface area contributed by atoms with Crippen molar-refractivity contribution in [1.29, 1.82) is 5.26 Å². The minimum Gasteiger partial charge on any atom is -0.343 e. The molecule has 0 aliphatic heterocycles. The summed E-state index contributed by atoms with van der Waals surface area (Å²) in [5, 5.41) is 14.1. The molecule has 0 heterocycles. The van der Waals surface area contributed by atoms with Gasteiger partial charge in [0, 0.05) is 17.5 Å². The first-order valence-electron chi connectivity index (χ1n) is 8.39. The van der Waals surface area contributed by atoms with E-state index in [4.69, 9.17) is 5.26 Å². The number of hydrogen-bond acceptors (Lipinski definition) is 5. The van der Waals surface area contributed by atoms with Crippen LogP contribution in [0.2, 0.25) is 0 Å². The van der Waals surface area contributed by atoms with Gasteiger partial charge in [-0.05, 0) is 42.7 Å². The Hall–Kier alpha value is -3.31. The minimum atomic E-state index is -0.426. The van der Waals surface area contributed by atoms with E-state index in [1.165, 1.54) is 48.0 Å². The van der Waals surface area contributed by atoms with Gasteiger partial charge in [0.25, 0.3) is 5.91 Å². The molecule has 0 bridgehead atoms. The predicted octanol–water partition coefficient (Wildman–Crippen LogP) is 2.11. The average molecular weight is 396 g/mol. The molecule has 2 aromatic carbocycles. The van der Waals surface area contributed by atoms with Crippen LogP contribution >= 0.6 is 11.8 Å². The summed E-state index contributed by atoms with van der Waals surface area (Å²) < 4.78 is 0. The summed E-state index contributed by atoms with van der Waals surface area (Å²) in [4.78, 5) is 38.6. The van der Waals surface area contributed by atoms with Crippen molar-refractivity contribution in [2.45, 2.75) is 4.90 Å². The van der Waals surface area contributed by atoms with Crippen LogP contribution in [0.25, 0.3) is 0 Å². The number of nitriles is 1. The summed E-state index contributed by atoms with van der Waals surface area (Å²) in [5.74, 6) is -1.14. The zero-order chi connectivity index (χ0) is 20.5. The quantitative estimate of drug-likeness (QED) is 0.698. The molecule has 0 saturated heterocycles. The van der Waals surface area contributed by atoms with E-state index in [0.29, 0.717) is 16.8 Å². The second-order valence-electron chi connectivity index (χ2n) is 5.87. The SMILES string of the molecule is CSc1ccccc1NC(=O)CN(C)C(=O)CNC(=O)c1ccc(C#N)cc1. The molecule has 0 aliphatic rings. The number of carbonyl (C=O) groups is 3. The number of hydrogen-bond donors (Lipinski definition) is 2. The number of carbonyl (C=O) groups excluding carboxylic acids is 3. The van der Waals surface area contributed by atoms with Crippen molar-refractivity contribution in [1.82, 2.24) is 10.2 Å². The van der Waals surface area contributed by atoms with Crippen molar-refractivity contribution in [2.75, 3.05) is 31.7 Å². The van der Waals surface area contributed by atoms with Gasteiger partial charge in [0.2, 0.25) is 11.8 Å². The number of nitrogens with one attached hydrogen (secondary N) is 2. The van der Waals surface area contributed by atoms with Crippen LogP contribution in [0.4, 0.5) is 5.69 Å². The lowest BCUT2D eigenvalue weighted by Gasteiger charge is -2.18. The number of amides is 3. The second kappa shape index (κ2) is 10.1. The molecular formula is C20H20N4O3S. The highest BCUT2D eigenvalue weighted by Crippen LogP contribution is 2.24. The van der Waals surface area contributed by atoms with Crippen molar-refractivity contribution in [3.8, 4) is 6.07 Å². The van der Waals surface area contributed by atoms with Gasteiger partial charge < -0.3 is 15.5 Å². The van der Waals surface area contributed by atoms with Crippen LogP contribution in [0, 0.1) is 11.3 Å². The standard InChI is InChI=1S/C20H20N4O3S/c1-24(13-18(25)23-16-5-3-4-6-17(16)28-2)19(26)12-22-20(27)15-9-7-14(11-21)8-10-15/h3-10H,12-13H2,1-2H3,(H,22,27)(H,23,25). The maximum absolute atomic E-state index is 12.2. The van der Waals surface area contributed by atoms with Gasteiger partial charge >= 0.3 is 0 Å². The summed E-state index contributed by atoms with van der Waals surface area (Å²) in [7, 11) is 1.50. The summed E-state index contributed by atoms with van der Waals surface area (Å²) in [6.45, 7) is -0.363. The van der Waals surface area contributed by atoms with Crippen LogP contribution in [-0.4, -0.2) is 49.0 Å². The smallest absolute Gasteiger partial charge is 0.251 e. The summed E-state index contributed by atoms with van der Waals surface area (Å²) in [5.41, 5.74) is 1.48. The van der Waals surface area contributed by atoms with E-state index >= 15 is 0 Å². The van der Waals surface area contributed by atoms with Gasteiger partial charge in [-0.1, -0.05) is 12.1 Å². The zero-order valence-electron chi connectivity index (χ0n) is 15.6. The number of benzene rings is 2. The molecule has 8 heteroatoms. The molecule has 0 spiro atoms. The number of nitrogens with zero attached hydrogens (tertiary/aromatic N) is 2. The Morgan fingerprint density at radius 3 is 2.43 bits per heavy atom. The molecule has 3 amide bonds. The van der Waals surface area contributed by atoms with E-state index in [1.54, 1.807) is 6.07 Å². The fraction of sp³-hybridized carbons (Fsp3) is 0.200. The Morgan fingerprint density at radius 1 is 1.11 bits per heavy atom. The minimum absolute atomic E-state index is 0.131. The van der Waals surface area contributed by atoms with E-state index in [0.717, 1.165) is 4.90 Å². The molecular weight excluding hydrogens is 376 g/mol. The van der Waals surface area contributed by atoms with Crippen LogP contribution in [0.1, 0.15) is 15.9 Å². The number of likely N-dealkylation sites (N-methyl/N-ethyl adjacent to an activating group) is 1. The average Bonchev–Trinajstić information content (AvgIpc) is 2.72. The van der Waals surface area contributed by atoms with Crippen molar-refractivity contribution in [2.24, 2.45) is 0 Å². The van der Waals surface area contributed by atoms with E-state index in [-0.39, 0.29) is 19.0 Å². The first kappa shape index (κ1) is 21.0. The van der Waals surface area contributed by atoms with Gasteiger partial charge in [-0.25, -0.2) is 0 Å². The topological polar surface area (TPSA) is 102 Å².